The van der Waals surface area contributed by atoms with E-state index >= 15 is 0 Å². The highest BCUT2D eigenvalue weighted by molar-refractivity contribution is 5.75. The zero-order valence-corrected chi connectivity index (χ0v) is 14.3. The Hall–Kier alpha value is -1.14. The minimum Gasteiger partial charge on any atom is -0.480 e. The Kier molecular flexibility index (Phi) is 13.7. The SMILES string of the molecule is CCCCCCCCCCCC(O)OC(=O)CC[C@H](N)C(=O)O. The first-order chi connectivity index (χ1) is 11.0. The van der Waals surface area contributed by atoms with E-state index in [0.717, 1.165) is 19.3 Å². The highest BCUT2D eigenvalue weighted by Crippen LogP contribution is 2.12. The summed E-state index contributed by atoms with van der Waals surface area (Å²) in [7, 11) is 0. The molecule has 0 aliphatic heterocycles. The summed E-state index contributed by atoms with van der Waals surface area (Å²) >= 11 is 0. The van der Waals surface area contributed by atoms with Crippen LogP contribution in [0.1, 0.15) is 84.0 Å². The Morgan fingerprint density at radius 2 is 1.48 bits per heavy atom. The maximum Gasteiger partial charge on any atom is 0.320 e. The molecule has 0 aromatic rings. The highest BCUT2D eigenvalue weighted by Gasteiger charge is 2.16. The van der Waals surface area contributed by atoms with E-state index in [4.69, 9.17) is 15.6 Å². The first-order valence-electron chi connectivity index (χ1n) is 8.83. The minimum atomic E-state index is -1.15. The van der Waals surface area contributed by atoms with E-state index < -0.39 is 24.3 Å². The van der Waals surface area contributed by atoms with Crippen molar-refractivity contribution in [3.8, 4) is 0 Å². The summed E-state index contributed by atoms with van der Waals surface area (Å²) < 4.78 is 4.82. The third-order valence-electron chi connectivity index (χ3n) is 3.80. The maximum atomic E-state index is 11.4. The van der Waals surface area contributed by atoms with Gasteiger partial charge in [0, 0.05) is 12.8 Å². The molecule has 0 amide bonds. The largest absolute Gasteiger partial charge is 0.480 e. The van der Waals surface area contributed by atoms with Crippen LogP contribution in [0.5, 0.6) is 0 Å². The number of hydrogen-bond acceptors (Lipinski definition) is 5. The quantitative estimate of drug-likeness (QED) is 0.242. The van der Waals surface area contributed by atoms with Gasteiger partial charge in [-0.25, -0.2) is 0 Å². The monoisotopic (exact) mass is 331 g/mol. The van der Waals surface area contributed by atoms with E-state index in [0.29, 0.717) is 6.42 Å². The van der Waals surface area contributed by atoms with Gasteiger partial charge in [0.1, 0.15) is 6.04 Å². The van der Waals surface area contributed by atoms with Gasteiger partial charge >= 0.3 is 11.9 Å². The summed E-state index contributed by atoms with van der Waals surface area (Å²) in [6, 6.07) is -1.07. The summed E-state index contributed by atoms with van der Waals surface area (Å²) in [6.45, 7) is 2.21. The van der Waals surface area contributed by atoms with Gasteiger partial charge in [0.05, 0.1) is 0 Å². The number of carboxylic acid groups (broad SMARTS) is 1. The van der Waals surface area contributed by atoms with E-state index in [1.165, 1.54) is 38.5 Å². The van der Waals surface area contributed by atoms with Crippen LogP contribution >= 0.6 is 0 Å². The van der Waals surface area contributed by atoms with Crippen LogP contribution in [0.2, 0.25) is 0 Å². The average Bonchev–Trinajstić information content (AvgIpc) is 2.50. The molecule has 6 heteroatoms. The predicted octanol–water partition coefficient (Wildman–Crippen LogP) is 2.96. The topological polar surface area (TPSA) is 110 Å². The van der Waals surface area contributed by atoms with Gasteiger partial charge in [-0.1, -0.05) is 58.3 Å². The second-order valence-corrected chi connectivity index (χ2v) is 6.05. The highest BCUT2D eigenvalue weighted by atomic mass is 16.6. The Morgan fingerprint density at radius 3 is 2.00 bits per heavy atom. The number of carboxylic acids is 1. The summed E-state index contributed by atoms with van der Waals surface area (Å²) in [4.78, 5) is 21.9. The molecule has 0 saturated carbocycles. The molecule has 6 nitrogen and oxygen atoms in total. The third kappa shape index (κ3) is 14.2. The summed E-state index contributed by atoms with van der Waals surface area (Å²) in [5, 5.41) is 18.2. The number of rotatable bonds is 15. The van der Waals surface area contributed by atoms with Gasteiger partial charge in [0.2, 0.25) is 6.29 Å². The van der Waals surface area contributed by atoms with E-state index in [2.05, 4.69) is 6.92 Å². The van der Waals surface area contributed by atoms with Gasteiger partial charge in [-0.15, -0.1) is 0 Å². The lowest BCUT2D eigenvalue weighted by molar-refractivity contribution is -0.169. The molecule has 1 unspecified atom stereocenters. The van der Waals surface area contributed by atoms with Crippen molar-refractivity contribution < 1.29 is 24.5 Å². The first-order valence-corrected chi connectivity index (χ1v) is 8.83. The second kappa shape index (κ2) is 14.5. The summed E-state index contributed by atoms with van der Waals surface area (Å²) in [5.41, 5.74) is 5.29. The lowest BCUT2D eigenvalue weighted by Crippen LogP contribution is -2.31. The number of nitrogens with two attached hydrogens (primary N) is 1. The Labute approximate surface area is 139 Å². The first kappa shape index (κ1) is 21.9. The number of carbonyl (C=O) groups excluding carboxylic acids is 1. The van der Waals surface area contributed by atoms with E-state index in [9.17, 15) is 14.7 Å². The molecule has 0 aliphatic carbocycles. The molecule has 4 N–H and O–H groups in total. The molecule has 136 valence electrons. The van der Waals surface area contributed by atoms with Crippen molar-refractivity contribution in [1.29, 1.82) is 0 Å². The standard InChI is InChI=1S/C17H33NO5/c1-2-3-4-5-6-7-8-9-10-11-15(19)23-16(20)13-12-14(18)17(21)22/h14-15,19H,2-13,18H2,1H3,(H,21,22)/t14-,15?/m0/s1. The molecule has 0 rings (SSSR count). The van der Waals surface area contributed by atoms with Crippen molar-refractivity contribution in [2.75, 3.05) is 0 Å². The molecule has 0 aliphatic rings. The van der Waals surface area contributed by atoms with Crippen molar-refractivity contribution in [1.82, 2.24) is 0 Å². The molecular formula is C17H33NO5. The summed E-state index contributed by atoms with van der Waals surface area (Å²) in [6.07, 6.45) is 9.89. The number of aliphatic hydroxyl groups excluding tert-OH is 1. The van der Waals surface area contributed by atoms with Crippen molar-refractivity contribution in [3.63, 3.8) is 0 Å². The van der Waals surface area contributed by atoms with Gasteiger partial charge in [0.15, 0.2) is 0 Å². The van der Waals surface area contributed by atoms with Crippen LogP contribution in [0.25, 0.3) is 0 Å². The summed E-state index contributed by atoms with van der Waals surface area (Å²) in [5.74, 6) is -1.75. The van der Waals surface area contributed by atoms with Crippen molar-refractivity contribution in [2.45, 2.75) is 96.3 Å². The normalized spacial score (nSPS) is 13.5. The van der Waals surface area contributed by atoms with E-state index in [-0.39, 0.29) is 12.8 Å². The van der Waals surface area contributed by atoms with Crippen LogP contribution in [-0.2, 0) is 14.3 Å². The number of hydrogen-bond donors (Lipinski definition) is 3. The van der Waals surface area contributed by atoms with Crippen LogP contribution in [0.4, 0.5) is 0 Å². The van der Waals surface area contributed by atoms with Gasteiger partial charge in [-0.3, -0.25) is 9.59 Å². The number of esters is 1. The van der Waals surface area contributed by atoms with E-state index in [1.807, 2.05) is 0 Å². The molecular weight excluding hydrogens is 298 g/mol. The van der Waals surface area contributed by atoms with Crippen molar-refractivity contribution in [3.05, 3.63) is 0 Å². The van der Waals surface area contributed by atoms with Crippen LogP contribution < -0.4 is 5.73 Å². The fraction of sp³-hybridized carbons (Fsp3) is 0.882. The third-order valence-corrected chi connectivity index (χ3v) is 3.80. The Bertz CT molecular complexity index is 322. The maximum absolute atomic E-state index is 11.4. The van der Waals surface area contributed by atoms with Crippen molar-refractivity contribution >= 4 is 11.9 Å². The fourth-order valence-corrected chi connectivity index (χ4v) is 2.30. The zero-order chi connectivity index (χ0) is 17.5. The predicted molar refractivity (Wildman–Crippen MR) is 88.8 cm³/mol. The smallest absolute Gasteiger partial charge is 0.320 e. The molecule has 0 radical (unpaired) electrons. The van der Waals surface area contributed by atoms with Crippen LogP contribution in [0.3, 0.4) is 0 Å². The van der Waals surface area contributed by atoms with Gasteiger partial charge in [-0.2, -0.15) is 0 Å². The fourth-order valence-electron chi connectivity index (χ4n) is 2.30. The molecule has 23 heavy (non-hydrogen) atoms. The van der Waals surface area contributed by atoms with Gasteiger partial charge < -0.3 is 20.7 Å². The number of unbranched alkanes of at least 4 members (excludes halogenated alkanes) is 8. The molecule has 0 bridgehead atoms. The average molecular weight is 331 g/mol. The molecule has 2 atom stereocenters. The number of ether oxygens (including phenoxy) is 1. The van der Waals surface area contributed by atoms with Crippen LogP contribution in [0, 0.1) is 0 Å². The number of aliphatic carboxylic acids is 1. The number of carbonyl (C=O) groups is 2. The van der Waals surface area contributed by atoms with Crippen LogP contribution in [0.15, 0.2) is 0 Å². The molecule has 0 aromatic carbocycles. The number of aliphatic hydroxyl groups is 1. The second-order valence-electron chi connectivity index (χ2n) is 6.05. The zero-order valence-electron chi connectivity index (χ0n) is 14.3. The molecule has 0 spiro atoms. The van der Waals surface area contributed by atoms with Crippen LogP contribution in [-0.4, -0.2) is 34.5 Å². The van der Waals surface area contributed by atoms with Gasteiger partial charge in [-0.05, 0) is 12.8 Å². The Morgan fingerprint density at radius 1 is 0.957 bits per heavy atom. The minimum absolute atomic E-state index is 0.0128. The van der Waals surface area contributed by atoms with Crippen molar-refractivity contribution in [2.24, 2.45) is 5.73 Å². The van der Waals surface area contributed by atoms with E-state index in [1.54, 1.807) is 0 Å². The molecule has 0 saturated heterocycles. The molecule has 0 fully saturated rings. The van der Waals surface area contributed by atoms with Gasteiger partial charge in [0.25, 0.3) is 0 Å². The lowest BCUT2D eigenvalue weighted by atomic mass is 10.1. The lowest BCUT2D eigenvalue weighted by Gasteiger charge is -2.12. The molecule has 0 aromatic heterocycles. The molecule has 0 heterocycles. The Balaban J connectivity index is 3.47.